The summed E-state index contributed by atoms with van der Waals surface area (Å²) in [5, 5.41) is 5.83. The third kappa shape index (κ3) is 4.93. The molecule has 5 heteroatoms. The van der Waals surface area contributed by atoms with Gasteiger partial charge in [-0.1, -0.05) is 31.2 Å². The summed E-state index contributed by atoms with van der Waals surface area (Å²) < 4.78 is 0. The highest BCUT2D eigenvalue weighted by molar-refractivity contribution is 7.13. The van der Waals surface area contributed by atoms with E-state index in [1.54, 1.807) is 11.3 Å². The number of rotatable bonds is 8. The lowest BCUT2D eigenvalue weighted by atomic mass is 10.1. The fourth-order valence-corrected chi connectivity index (χ4v) is 2.95. The second-order valence-corrected chi connectivity index (χ2v) is 6.08. The van der Waals surface area contributed by atoms with Gasteiger partial charge >= 0.3 is 0 Å². The van der Waals surface area contributed by atoms with Crippen LogP contribution in [0.5, 0.6) is 0 Å². The van der Waals surface area contributed by atoms with Gasteiger partial charge in [0.15, 0.2) is 0 Å². The lowest BCUT2D eigenvalue weighted by molar-refractivity contribution is -0.120. The first kappa shape index (κ1) is 16.6. The number of aromatic nitrogens is 1. The molecule has 1 heterocycles. The summed E-state index contributed by atoms with van der Waals surface area (Å²) in [6.07, 6.45) is 3.24. The largest absolute Gasteiger partial charge is 0.356 e. The number of hydrogen-bond acceptors (Lipinski definition) is 4. The SMILES string of the molecule is CCc1ccc(-c2nc(CC(=O)NCCCCN)cs2)cc1. The van der Waals surface area contributed by atoms with Crippen LogP contribution in [0.4, 0.5) is 0 Å². The molecule has 2 rings (SSSR count). The number of carbonyl (C=O) groups excluding carboxylic acids is 1. The van der Waals surface area contributed by atoms with Crippen LogP contribution in [-0.4, -0.2) is 24.0 Å². The molecule has 22 heavy (non-hydrogen) atoms. The van der Waals surface area contributed by atoms with Gasteiger partial charge in [0.1, 0.15) is 5.01 Å². The third-order valence-electron chi connectivity index (χ3n) is 3.46. The number of hydrogen-bond donors (Lipinski definition) is 2. The van der Waals surface area contributed by atoms with E-state index in [1.807, 2.05) is 5.38 Å². The molecule has 118 valence electrons. The predicted octanol–water partition coefficient (Wildman–Crippen LogP) is 2.77. The molecule has 3 N–H and O–H groups in total. The number of nitrogens with one attached hydrogen (secondary N) is 1. The minimum atomic E-state index is 0.0233. The van der Waals surface area contributed by atoms with E-state index < -0.39 is 0 Å². The van der Waals surface area contributed by atoms with Crippen LogP contribution in [-0.2, 0) is 17.6 Å². The van der Waals surface area contributed by atoms with Crippen LogP contribution >= 0.6 is 11.3 Å². The van der Waals surface area contributed by atoms with Gasteiger partial charge in [0.05, 0.1) is 12.1 Å². The second kappa shape index (κ2) is 8.66. The molecule has 0 radical (unpaired) electrons. The molecular formula is C17H23N3OS. The van der Waals surface area contributed by atoms with Crippen molar-refractivity contribution in [3.63, 3.8) is 0 Å². The highest BCUT2D eigenvalue weighted by Crippen LogP contribution is 2.24. The van der Waals surface area contributed by atoms with Crippen molar-refractivity contribution in [2.45, 2.75) is 32.6 Å². The predicted molar refractivity (Wildman–Crippen MR) is 91.9 cm³/mol. The van der Waals surface area contributed by atoms with Gasteiger partial charge in [-0.15, -0.1) is 11.3 Å². The van der Waals surface area contributed by atoms with E-state index in [2.05, 4.69) is 41.5 Å². The average molecular weight is 317 g/mol. The average Bonchev–Trinajstić information content (AvgIpc) is 3.00. The number of amides is 1. The highest BCUT2D eigenvalue weighted by atomic mass is 32.1. The van der Waals surface area contributed by atoms with Gasteiger partial charge < -0.3 is 11.1 Å². The van der Waals surface area contributed by atoms with E-state index in [0.717, 1.165) is 35.5 Å². The Morgan fingerprint density at radius 3 is 2.73 bits per heavy atom. The van der Waals surface area contributed by atoms with Crippen molar-refractivity contribution < 1.29 is 4.79 Å². The van der Waals surface area contributed by atoms with E-state index in [9.17, 15) is 4.79 Å². The van der Waals surface area contributed by atoms with Crippen LogP contribution in [0.15, 0.2) is 29.6 Å². The fraction of sp³-hybridized carbons (Fsp3) is 0.412. The molecule has 0 saturated heterocycles. The monoisotopic (exact) mass is 317 g/mol. The zero-order valence-electron chi connectivity index (χ0n) is 13.0. The van der Waals surface area contributed by atoms with Crippen LogP contribution in [0.3, 0.4) is 0 Å². The van der Waals surface area contributed by atoms with Crippen molar-refractivity contribution in [3.8, 4) is 10.6 Å². The molecule has 0 aliphatic rings. The minimum Gasteiger partial charge on any atom is -0.356 e. The Bertz CT molecular complexity index is 592. The smallest absolute Gasteiger partial charge is 0.226 e. The first-order chi connectivity index (χ1) is 10.7. The van der Waals surface area contributed by atoms with E-state index in [1.165, 1.54) is 5.56 Å². The molecule has 1 aromatic carbocycles. The topological polar surface area (TPSA) is 68.0 Å². The van der Waals surface area contributed by atoms with E-state index in [4.69, 9.17) is 5.73 Å². The lowest BCUT2D eigenvalue weighted by Gasteiger charge is -2.03. The summed E-state index contributed by atoms with van der Waals surface area (Å²) in [6.45, 7) is 3.50. The zero-order valence-corrected chi connectivity index (χ0v) is 13.8. The van der Waals surface area contributed by atoms with Crippen LogP contribution in [0.2, 0.25) is 0 Å². The summed E-state index contributed by atoms with van der Waals surface area (Å²) in [5.74, 6) is 0.0233. The molecule has 0 bridgehead atoms. The summed E-state index contributed by atoms with van der Waals surface area (Å²) in [7, 11) is 0. The van der Waals surface area contributed by atoms with Crippen molar-refractivity contribution in [2.75, 3.05) is 13.1 Å². The molecule has 0 saturated carbocycles. The van der Waals surface area contributed by atoms with Crippen molar-refractivity contribution in [2.24, 2.45) is 5.73 Å². The van der Waals surface area contributed by atoms with Crippen LogP contribution in [0, 0.1) is 0 Å². The first-order valence-corrected chi connectivity index (χ1v) is 8.61. The first-order valence-electron chi connectivity index (χ1n) is 7.73. The molecule has 4 nitrogen and oxygen atoms in total. The molecule has 0 atom stereocenters. The standard InChI is InChI=1S/C17H23N3OS/c1-2-13-5-7-14(8-6-13)17-20-15(12-22-17)11-16(21)19-10-4-3-9-18/h5-8,12H,2-4,9-11,18H2,1H3,(H,19,21). The zero-order chi connectivity index (χ0) is 15.8. The normalized spacial score (nSPS) is 10.6. The Balaban J connectivity index is 1.89. The number of nitrogens with zero attached hydrogens (tertiary/aromatic N) is 1. The minimum absolute atomic E-state index is 0.0233. The summed E-state index contributed by atoms with van der Waals surface area (Å²) in [6, 6.07) is 8.43. The Morgan fingerprint density at radius 1 is 1.27 bits per heavy atom. The maximum absolute atomic E-state index is 11.8. The van der Waals surface area contributed by atoms with E-state index in [-0.39, 0.29) is 5.91 Å². The number of nitrogens with two attached hydrogens (primary N) is 1. The molecular weight excluding hydrogens is 294 g/mol. The third-order valence-corrected chi connectivity index (χ3v) is 4.40. The molecule has 0 unspecified atom stereocenters. The molecule has 0 fully saturated rings. The molecule has 1 amide bonds. The second-order valence-electron chi connectivity index (χ2n) is 5.22. The molecule has 0 spiro atoms. The van der Waals surface area contributed by atoms with Crippen molar-refractivity contribution in [1.29, 1.82) is 0 Å². The number of benzene rings is 1. The van der Waals surface area contributed by atoms with Crippen LogP contribution in [0.1, 0.15) is 31.0 Å². The van der Waals surface area contributed by atoms with Gasteiger partial charge in [-0.25, -0.2) is 4.98 Å². The van der Waals surface area contributed by atoms with E-state index in [0.29, 0.717) is 19.5 Å². The van der Waals surface area contributed by atoms with Crippen molar-refractivity contribution in [1.82, 2.24) is 10.3 Å². The Kier molecular flexibility index (Phi) is 6.55. The number of unbranched alkanes of at least 4 members (excludes halogenated alkanes) is 1. The Labute approximate surface area is 135 Å². The Morgan fingerprint density at radius 2 is 2.05 bits per heavy atom. The highest BCUT2D eigenvalue weighted by Gasteiger charge is 2.08. The summed E-state index contributed by atoms with van der Waals surface area (Å²) in [4.78, 5) is 16.4. The lowest BCUT2D eigenvalue weighted by Crippen LogP contribution is -2.26. The molecule has 0 aliphatic heterocycles. The van der Waals surface area contributed by atoms with Gasteiger partial charge in [0.25, 0.3) is 0 Å². The number of carbonyl (C=O) groups is 1. The fourth-order valence-electron chi connectivity index (χ4n) is 2.13. The maximum Gasteiger partial charge on any atom is 0.226 e. The van der Waals surface area contributed by atoms with Crippen LogP contribution in [0.25, 0.3) is 10.6 Å². The van der Waals surface area contributed by atoms with Gasteiger partial charge in [-0.3, -0.25) is 4.79 Å². The quantitative estimate of drug-likeness (QED) is 0.736. The van der Waals surface area contributed by atoms with E-state index >= 15 is 0 Å². The molecule has 0 aliphatic carbocycles. The molecule has 1 aromatic heterocycles. The maximum atomic E-state index is 11.8. The van der Waals surface area contributed by atoms with Gasteiger partial charge in [-0.2, -0.15) is 0 Å². The Hall–Kier alpha value is -1.72. The summed E-state index contributed by atoms with van der Waals surface area (Å²) >= 11 is 1.58. The van der Waals surface area contributed by atoms with Crippen molar-refractivity contribution >= 4 is 17.2 Å². The van der Waals surface area contributed by atoms with Gasteiger partial charge in [0.2, 0.25) is 5.91 Å². The number of thiazole rings is 1. The molecule has 2 aromatic rings. The van der Waals surface area contributed by atoms with Crippen LogP contribution < -0.4 is 11.1 Å². The van der Waals surface area contributed by atoms with Crippen molar-refractivity contribution in [3.05, 3.63) is 40.9 Å². The summed E-state index contributed by atoms with van der Waals surface area (Å²) in [5.41, 5.74) is 8.68. The number of aryl methyl sites for hydroxylation is 1. The van der Waals surface area contributed by atoms with Gasteiger partial charge in [0, 0.05) is 17.5 Å². The van der Waals surface area contributed by atoms with Gasteiger partial charge in [-0.05, 0) is 31.4 Å².